The third-order valence-electron chi connectivity index (χ3n) is 2.33. The van der Waals surface area contributed by atoms with Crippen LogP contribution >= 0.6 is 23.2 Å². The maximum atomic E-state index is 11.5. The minimum atomic E-state index is -1.63. The number of aliphatic carboxylic acids is 1. The van der Waals surface area contributed by atoms with Crippen LogP contribution in [0.2, 0.25) is 0 Å². The number of hydrogen-bond acceptors (Lipinski definition) is 5. The summed E-state index contributed by atoms with van der Waals surface area (Å²) in [5.41, 5.74) is 3.06. The summed E-state index contributed by atoms with van der Waals surface area (Å²) in [6, 6.07) is 6.45. The predicted molar refractivity (Wildman–Crippen MR) is 76.8 cm³/mol. The minimum absolute atomic E-state index is 0.152. The summed E-state index contributed by atoms with van der Waals surface area (Å²) in [5.74, 6) is -1.86. The van der Waals surface area contributed by atoms with Crippen molar-refractivity contribution in [3.8, 4) is 5.75 Å². The quantitative estimate of drug-likeness (QED) is 0.459. The number of rotatable bonds is 6. The molecule has 8 heteroatoms. The van der Waals surface area contributed by atoms with Gasteiger partial charge in [0, 0.05) is 6.42 Å². The molecule has 6 nitrogen and oxygen atoms in total. The molecule has 0 atom stereocenters. The number of carbonyl (C=O) groups excluding carboxylic acids is 2. The van der Waals surface area contributed by atoms with Gasteiger partial charge >= 0.3 is 0 Å². The zero-order chi connectivity index (χ0) is 15.8. The molecule has 1 aromatic carbocycles. The number of phenols is 1. The topological polar surface area (TPSA) is 102 Å². The number of hydrazone groups is 1. The van der Waals surface area contributed by atoms with E-state index in [0.717, 1.165) is 11.8 Å². The van der Waals surface area contributed by atoms with Crippen molar-refractivity contribution in [3.63, 3.8) is 0 Å². The fraction of sp³-hybridized carbons (Fsp3) is 0.154. The minimum Gasteiger partial charge on any atom is -0.544 e. The maximum absolute atomic E-state index is 11.5. The van der Waals surface area contributed by atoms with E-state index in [0.29, 0.717) is 6.42 Å². The van der Waals surface area contributed by atoms with Crippen molar-refractivity contribution in [3.05, 3.63) is 39.9 Å². The van der Waals surface area contributed by atoms with E-state index in [-0.39, 0.29) is 23.1 Å². The summed E-state index contributed by atoms with van der Waals surface area (Å²) in [6.07, 6.45) is 1.53. The average Bonchev–Trinajstić information content (AvgIpc) is 2.45. The molecule has 0 fully saturated rings. The molecule has 1 aromatic rings. The third kappa shape index (κ3) is 6.29. The van der Waals surface area contributed by atoms with Crippen molar-refractivity contribution in [1.82, 2.24) is 5.43 Å². The number of aromatic hydroxyl groups is 1. The number of hydrogen-bond donors (Lipinski definition) is 2. The highest BCUT2D eigenvalue weighted by Crippen LogP contribution is 2.11. The number of halogens is 2. The molecule has 0 heterocycles. The van der Waals surface area contributed by atoms with Gasteiger partial charge in [0.15, 0.2) is 0 Å². The first-order chi connectivity index (χ1) is 9.90. The first-order valence-corrected chi connectivity index (χ1v) is 6.52. The first-order valence-electron chi connectivity index (χ1n) is 5.76. The number of allylic oxidation sites excluding steroid dienone is 1. The fourth-order valence-electron chi connectivity index (χ4n) is 1.29. The smallest absolute Gasteiger partial charge is 0.240 e. The molecule has 2 N–H and O–H groups in total. The van der Waals surface area contributed by atoms with Gasteiger partial charge in [-0.3, -0.25) is 4.79 Å². The lowest BCUT2D eigenvalue weighted by Crippen LogP contribution is -2.23. The molecule has 0 radical (unpaired) electrons. The summed E-state index contributed by atoms with van der Waals surface area (Å²) in [6.45, 7) is 0. The Morgan fingerprint density at radius 1 is 1.29 bits per heavy atom. The van der Waals surface area contributed by atoms with Crippen molar-refractivity contribution in [1.29, 1.82) is 0 Å². The molecule has 0 bridgehead atoms. The summed E-state index contributed by atoms with van der Waals surface area (Å²) in [4.78, 5) is 21.8. The standard InChI is InChI=1S/C13H12Cl2N2O4/c14-10(12(15)13(20)21)7-16-17-11(19)6-3-8-1-4-9(18)5-2-8/h1-2,4-5,7,18H,3,6H2,(H,17,19)(H,20,21)/p-1/b12-10+,16-7-. The first kappa shape index (κ1) is 17.0. The number of carboxylic acids is 1. The highest BCUT2D eigenvalue weighted by molar-refractivity contribution is 6.51. The molecule has 1 rings (SSSR count). The van der Waals surface area contributed by atoms with Crippen LogP contribution in [0.25, 0.3) is 0 Å². The summed E-state index contributed by atoms with van der Waals surface area (Å²) >= 11 is 10.8. The van der Waals surface area contributed by atoms with E-state index in [2.05, 4.69) is 10.5 Å². The van der Waals surface area contributed by atoms with Crippen LogP contribution < -0.4 is 10.5 Å². The van der Waals surface area contributed by atoms with Gasteiger partial charge in [0.05, 0.1) is 22.2 Å². The van der Waals surface area contributed by atoms with Crippen LogP contribution in [0.4, 0.5) is 0 Å². The summed E-state index contributed by atoms with van der Waals surface area (Å²) in [5, 5.41) is 21.9. The Hall–Kier alpha value is -2.05. The fourth-order valence-corrected chi connectivity index (χ4v) is 1.47. The zero-order valence-electron chi connectivity index (χ0n) is 10.7. The zero-order valence-corrected chi connectivity index (χ0v) is 12.2. The molecule has 0 saturated carbocycles. The number of nitrogens with one attached hydrogen (secondary N) is 1. The third-order valence-corrected chi connectivity index (χ3v) is 3.07. The van der Waals surface area contributed by atoms with Gasteiger partial charge in [0.25, 0.3) is 0 Å². The molecule has 0 aromatic heterocycles. The number of aryl methyl sites for hydroxylation is 1. The monoisotopic (exact) mass is 329 g/mol. The Balaban J connectivity index is 2.43. The molecule has 0 saturated heterocycles. The molecule has 21 heavy (non-hydrogen) atoms. The number of phenolic OH excluding ortho intramolecular Hbond substituents is 1. The van der Waals surface area contributed by atoms with Gasteiger partial charge in [-0.05, 0) is 24.1 Å². The van der Waals surface area contributed by atoms with Gasteiger partial charge in [-0.25, -0.2) is 5.43 Å². The van der Waals surface area contributed by atoms with Crippen molar-refractivity contribution < 1.29 is 19.8 Å². The van der Waals surface area contributed by atoms with Crippen LogP contribution in [0.3, 0.4) is 0 Å². The molecular weight excluding hydrogens is 319 g/mol. The van der Waals surface area contributed by atoms with E-state index < -0.39 is 11.0 Å². The average molecular weight is 330 g/mol. The number of benzene rings is 1. The lowest BCUT2D eigenvalue weighted by atomic mass is 10.1. The van der Waals surface area contributed by atoms with Crippen LogP contribution in [-0.2, 0) is 16.0 Å². The molecule has 0 aliphatic carbocycles. The molecule has 0 aliphatic heterocycles. The second-order valence-corrected chi connectivity index (χ2v) is 4.69. The lowest BCUT2D eigenvalue weighted by Gasteiger charge is -2.02. The Kier molecular flexibility index (Phi) is 6.71. The Labute approximate surface area is 130 Å². The molecule has 112 valence electrons. The van der Waals surface area contributed by atoms with Crippen LogP contribution in [0.15, 0.2) is 39.4 Å². The van der Waals surface area contributed by atoms with Crippen molar-refractivity contribution in [2.45, 2.75) is 12.8 Å². The largest absolute Gasteiger partial charge is 0.544 e. The van der Waals surface area contributed by atoms with Gasteiger partial charge < -0.3 is 15.0 Å². The Morgan fingerprint density at radius 3 is 2.48 bits per heavy atom. The van der Waals surface area contributed by atoms with Gasteiger partial charge in [-0.2, -0.15) is 5.10 Å². The van der Waals surface area contributed by atoms with Gasteiger partial charge in [0.2, 0.25) is 5.91 Å². The van der Waals surface area contributed by atoms with Crippen LogP contribution in [0, 0.1) is 0 Å². The van der Waals surface area contributed by atoms with E-state index in [4.69, 9.17) is 28.3 Å². The highest BCUT2D eigenvalue weighted by Gasteiger charge is 2.02. The van der Waals surface area contributed by atoms with E-state index >= 15 is 0 Å². The molecular formula is C13H11Cl2N2O4-. The van der Waals surface area contributed by atoms with E-state index in [1.165, 1.54) is 12.1 Å². The predicted octanol–water partition coefficient (Wildman–Crippen LogP) is 0.866. The number of nitrogens with zero attached hydrogens (tertiary/aromatic N) is 1. The molecule has 0 spiro atoms. The van der Waals surface area contributed by atoms with Crippen LogP contribution in [-0.4, -0.2) is 23.2 Å². The highest BCUT2D eigenvalue weighted by atomic mass is 35.5. The normalized spacial score (nSPS) is 12.1. The SMILES string of the molecule is O=C(CCc1ccc(O)cc1)N/N=C\C(Cl)=C(/Cl)C(=O)[O-]. The molecule has 1 amide bonds. The summed E-state index contributed by atoms with van der Waals surface area (Å²) in [7, 11) is 0. The van der Waals surface area contributed by atoms with E-state index in [9.17, 15) is 14.7 Å². The van der Waals surface area contributed by atoms with Crippen LogP contribution in [0.5, 0.6) is 5.75 Å². The van der Waals surface area contributed by atoms with Crippen molar-refractivity contribution in [2.24, 2.45) is 5.10 Å². The van der Waals surface area contributed by atoms with Gasteiger partial charge in [-0.15, -0.1) is 0 Å². The van der Waals surface area contributed by atoms with Crippen LogP contribution in [0.1, 0.15) is 12.0 Å². The molecule has 0 aliphatic rings. The number of amides is 1. The second kappa shape index (κ2) is 8.28. The summed E-state index contributed by atoms with van der Waals surface area (Å²) < 4.78 is 0. The second-order valence-electron chi connectivity index (χ2n) is 3.91. The van der Waals surface area contributed by atoms with E-state index in [1.807, 2.05) is 0 Å². The maximum Gasteiger partial charge on any atom is 0.240 e. The van der Waals surface area contributed by atoms with E-state index in [1.54, 1.807) is 12.1 Å². The Bertz CT molecular complexity index is 582. The lowest BCUT2D eigenvalue weighted by molar-refractivity contribution is -0.298. The van der Waals surface area contributed by atoms with Crippen molar-refractivity contribution >= 4 is 41.3 Å². The molecule has 0 unspecified atom stereocenters. The number of carbonyl (C=O) groups is 2. The van der Waals surface area contributed by atoms with Crippen molar-refractivity contribution in [2.75, 3.05) is 0 Å². The van der Waals surface area contributed by atoms with Gasteiger partial charge in [-0.1, -0.05) is 35.3 Å². The number of carboxylic acid groups (broad SMARTS) is 1. The van der Waals surface area contributed by atoms with Gasteiger partial charge in [0.1, 0.15) is 5.75 Å². The Morgan fingerprint density at radius 2 is 1.90 bits per heavy atom.